The van der Waals surface area contributed by atoms with Gasteiger partial charge < -0.3 is 9.80 Å². The molecule has 5 rings (SSSR count). The molecule has 0 saturated carbocycles. The average molecular weight is 505 g/mol. The van der Waals surface area contributed by atoms with Crippen molar-refractivity contribution in [3.63, 3.8) is 0 Å². The molecule has 0 spiro atoms. The fraction of sp³-hybridized carbons (Fsp3) is 0.231. The second-order valence-electron chi connectivity index (χ2n) is 8.40. The summed E-state index contributed by atoms with van der Waals surface area (Å²) >= 11 is 7.85. The zero-order valence-corrected chi connectivity index (χ0v) is 20.9. The molecule has 1 saturated heterocycles. The van der Waals surface area contributed by atoms with E-state index in [0.717, 1.165) is 48.6 Å². The van der Waals surface area contributed by atoms with Gasteiger partial charge in [-0.1, -0.05) is 47.6 Å². The van der Waals surface area contributed by atoms with Crippen molar-refractivity contribution in [2.24, 2.45) is 0 Å². The Hall–Kier alpha value is -3.20. The summed E-state index contributed by atoms with van der Waals surface area (Å²) in [6, 6.07) is 19.3. The fourth-order valence-corrected chi connectivity index (χ4v) is 5.21. The maximum atomic E-state index is 13.3. The molecular formula is C26H25ClN6OS. The molecule has 1 amide bonds. The lowest BCUT2D eigenvalue weighted by atomic mass is 10.1. The van der Waals surface area contributed by atoms with Gasteiger partial charge in [-0.15, -0.1) is 10.2 Å². The van der Waals surface area contributed by atoms with Crippen LogP contribution in [0.5, 0.6) is 0 Å². The van der Waals surface area contributed by atoms with Crippen LogP contribution in [0.2, 0.25) is 5.02 Å². The van der Waals surface area contributed by atoms with Crippen LogP contribution in [0, 0.1) is 0 Å². The first-order chi connectivity index (χ1) is 17.1. The Kier molecular flexibility index (Phi) is 7.13. The van der Waals surface area contributed by atoms with Gasteiger partial charge in [0.2, 0.25) is 0 Å². The third-order valence-electron chi connectivity index (χ3n) is 6.01. The van der Waals surface area contributed by atoms with Crippen LogP contribution in [0.4, 0.5) is 0 Å². The highest BCUT2D eigenvalue weighted by Gasteiger charge is 2.23. The van der Waals surface area contributed by atoms with E-state index < -0.39 is 0 Å². The van der Waals surface area contributed by atoms with Gasteiger partial charge in [-0.2, -0.15) is 0 Å². The zero-order chi connectivity index (χ0) is 24.2. The van der Waals surface area contributed by atoms with Crippen molar-refractivity contribution in [1.29, 1.82) is 0 Å². The van der Waals surface area contributed by atoms with Crippen molar-refractivity contribution >= 4 is 29.3 Å². The first-order valence-electron chi connectivity index (χ1n) is 11.4. The topological polar surface area (TPSA) is 67.2 Å². The predicted molar refractivity (Wildman–Crippen MR) is 139 cm³/mol. The highest BCUT2D eigenvalue weighted by molar-refractivity contribution is 7.98. The minimum absolute atomic E-state index is 0.0849. The maximum Gasteiger partial charge on any atom is 0.254 e. The van der Waals surface area contributed by atoms with Crippen molar-refractivity contribution in [3.05, 3.63) is 89.2 Å². The van der Waals surface area contributed by atoms with Gasteiger partial charge in [0.05, 0.1) is 5.69 Å². The summed E-state index contributed by atoms with van der Waals surface area (Å²) in [6.45, 7) is 3.27. The molecule has 1 aliphatic heterocycles. The number of aromatic nitrogens is 4. The number of thioether (sulfide) groups is 1. The monoisotopic (exact) mass is 504 g/mol. The van der Waals surface area contributed by atoms with Gasteiger partial charge in [0, 0.05) is 60.5 Å². The summed E-state index contributed by atoms with van der Waals surface area (Å²) in [5, 5.41) is 10.3. The van der Waals surface area contributed by atoms with Gasteiger partial charge in [-0.05, 0) is 49.0 Å². The lowest BCUT2D eigenvalue weighted by molar-refractivity contribution is 0.0663. The quantitative estimate of drug-likeness (QED) is 0.356. The van der Waals surface area contributed by atoms with E-state index in [1.54, 1.807) is 24.2 Å². The first-order valence-corrected chi connectivity index (χ1v) is 12.8. The Labute approximate surface area is 213 Å². The summed E-state index contributed by atoms with van der Waals surface area (Å²) in [7, 11) is 2.09. The van der Waals surface area contributed by atoms with Crippen LogP contribution < -0.4 is 0 Å². The standard InChI is InChI=1S/C26H25ClN6OS/c1-31-12-14-32(15-13-31)25(34)23-10-3-2-6-20(23)18-35-26-30-29-24(19-7-5-11-28-17-19)33(26)22-9-4-8-21(27)16-22/h2-11,16-17H,12-15,18H2,1H3. The molecule has 178 valence electrons. The van der Waals surface area contributed by atoms with Crippen LogP contribution in [0.1, 0.15) is 15.9 Å². The second kappa shape index (κ2) is 10.6. The van der Waals surface area contributed by atoms with Gasteiger partial charge in [-0.3, -0.25) is 14.3 Å². The summed E-state index contributed by atoms with van der Waals surface area (Å²) < 4.78 is 1.98. The smallest absolute Gasteiger partial charge is 0.254 e. The maximum absolute atomic E-state index is 13.3. The van der Waals surface area contributed by atoms with E-state index in [4.69, 9.17) is 11.6 Å². The number of likely N-dealkylation sites (N-methyl/N-ethyl adjacent to an activating group) is 1. The number of hydrogen-bond acceptors (Lipinski definition) is 6. The van der Waals surface area contributed by atoms with Gasteiger partial charge in [-0.25, -0.2) is 0 Å². The van der Waals surface area contributed by atoms with E-state index in [1.165, 1.54) is 0 Å². The molecule has 4 aromatic rings. The normalized spacial score (nSPS) is 14.3. The molecule has 1 fully saturated rings. The largest absolute Gasteiger partial charge is 0.336 e. The van der Waals surface area contributed by atoms with E-state index in [2.05, 4.69) is 27.1 Å². The molecule has 0 N–H and O–H groups in total. The van der Waals surface area contributed by atoms with E-state index >= 15 is 0 Å². The summed E-state index contributed by atoms with van der Waals surface area (Å²) in [4.78, 5) is 21.7. The number of pyridine rings is 1. The molecular weight excluding hydrogens is 480 g/mol. The van der Waals surface area contributed by atoms with Crippen LogP contribution in [0.3, 0.4) is 0 Å². The van der Waals surface area contributed by atoms with E-state index in [-0.39, 0.29) is 5.91 Å². The van der Waals surface area contributed by atoms with Gasteiger partial charge >= 0.3 is 0 Å². The Morgan fingerprint density at radius 3 is 2.60 bits per heavy atom. The van der Waals surface area contributed by atoms with E-state index in [9.17, 15) is 4.79 Å². The number of amides is 1. The molecule has 0 atom stereocenters. The SMILES string of the molecule is CN1CCN(C(=O)c2ccccc2CSc2nnc(-c3cccnc3)n2-c2cccc(Cl)c2)CC1. The lowest BCUT2D eigenvalue weighted by Gasteiger charge is -2.32. The molecule has 2 aromatic carbocycles. The fourth-order valence-electron chi connectivity index (χ4n) is 4.07. The molecule has 2 aromatic heterocycles. The minimum Gasteiger partial charge on any atom is -0.336 e. The highest BCUT2D eigenvalue weighted by Crippen LogP contribution is 2.31. The number of rotatable bonds is 6. The van der Waals surface area contributed by atoms with Crippen LogP contribution >= 0.6 is 23.4 Å². The van der Waals surface area contributed by atoms with Crippen LogP contribution in [-0.4, -0.2) is 68.7 Å². The highest BCUT2D eigenvalue weighted by atomic mass is 35.5. The van der Waals surface area contributed by atoms with Crippen molar-refractivity contribution < 1.29 is 4.79 Å². The number of carbonyl (C=O) groups is 1. The molecule has 3 heterocycles. The van der Waals surface area contributed by atoms with Gasteiger partial charge in [0.1, 0.15) is 0 Å². The third-order valence-corrected chi connectivity index (χ3v) is 7.23. The average Bonchev–Trinajstić information content (AvgIpc) is 3.32. The zero-order valence-electron chi connectivity index (χ0n) is 19.3. The summed E-state index contributed by atoms with van der Waals surface area (Å²) in [5.41, 5.74) is 3.44. The van der Waals surface area contributed by atoms with Crippen molar-refractivity contribution in [1.82, 2.24) is 29.5 Å². The Morgan fingerprint density at radius 2 is 1.83 bits per heavy atom. The predicted octanol–water partition coefficient (Wildman–Crippen LogP) is 4.66. The Balaban J connectivity index is 1.44. The van der Waals surface area contributed by atoms with Crippen molar-refractivity contribution in [3.8, 4) is 17.1 Å². The molecule has 7 nitrogen and oxygen atoms in total. The first kappa shape index (κ1) is 23.5. The second-order valence-corrected chi connectivity index (χ2v) is 9.78. The molecule has 0 radical (unpaired) electrons. The molecule has 0 bridgehead atoms. The van der Waals surface area contributed by atoms with Crippen LogP contribution in [0.15, 0.2) is 78.2 Å². The summed E-state index contributed by atoms with van der Waals surface area (Å²) in [5.74, 6) is 1.35. The third kappa shape index (κ3) is 5.24. The van der Waals surface area contributed by atoms with Crippen LogP contribution in [0.25, 0.3) is 17.1 Å². The van der Waals surface area contributed by atoms with E-state index in [0.29, 0.717) is 21.8 Å². The molecule has 9 heteroatoms. The van der Waals surface area contributed by atoms with Gasteiger partial charge in [0.25, 0.3) is 5.91 Å². The molecule has 35 heavy (non-hydrogen) atoms. The number of halogens is 1. The number of nitrogens with zero attached hydrogens (tertiary/aromatic N) is 6. The number of piperazine rings is 1. The molecule has 0 aliphatic carbocycles. The Morgan fingerprint density at radius 1 is 1.00 bits per heavy atom. The lowest BCUT2D eigenvalue weighted by Crippen LogP contribution is -2.47. The molecule has 1 aliphatic rings. The van der Waals surface area contributed by atoms with E-state index in [1.807, 2.05) is 70.1 Å². The molecule has 0 unspecified atom stereocenters. The Bertz CT molecular complexity index is 1320. The van der Waals surface area contributed by atoms with Gasteiger partial charge in [0.15, 0.2) is 11.0 Å². The van der Waals surface area contributed by atoms with Crippen LogP contribution in [-0.2, 0) is 5.75 Å². The number of benzene rings is 2. The number of carbonyl (C=O) groups excluding carboxylic acids is 1. The van der Waals surface area contributed by atoms with Crippen molar-refractivity contribution in [2.75, 3.05) is 33.2 Å². The minimum atomic E-state index is 0.0849. The van der Waals surface area contributed by atoms with Crippen molar-refractivity contribution in [2.45, 2.75) is 10.9 Å². The summed E-state index contributed by atoms with van der Waals surface area (Å²) in [6.07, 6.45) is 3.50. The number of hydrogen-bond donors (Lipinski definition) is 0.